The lowest BCUT2D eigenvalue weighted by molar-refractivity contribution is -0.139. The summed E-state index contributed by atoms with van der Waals surface area (Å²) >= 11 is 5.91. The van der Waals surface area contributed by atoms with Gasteiger partial charge in [0.1, 0.15) is 16.4 Å². The second kappa shape index (κ2) is 9.56. The van der Waals surface area contributed by atoms with Gasteiger partial charge in [0.2, 0.25) is 0 Å². The van der Waals surface area contributed by atoms with Crippen molar-refractivity contribution in [3.63, 3.8) is 0 Å². The average molecular weight is 504 g/mol. The molecule has 0 spiro atoms. The molecule has 34 heavy (non-hydrogen) atoms. The molecular formula is C22H18ClN3O7S. The number of ether oxygens (including phenoxy) is 2. The molecule has 0 aliphatic carbocycles. The van der Waals surface area contributed by atoms with Gasteiger partial charge >= 0.3 is 11.9 Å². The standard InChI is InChI=1S/C22H18ClN3O7S/c1-32-21(27)18-17(12-6-4-3-5-7-12)14(11-24)20(25)26(19(18)22(28)33-2)13-8-9-15(23)16(10-13)34(29,30)31/h3-10,17H,25H2,1-2H3,(H,29,30,31). The van der Waals surface area contributed by atoms with Crippen LogP contribution in [0.15, 0.2) is 76.1 Å². The third-order valence-electron chi connectivity index (χ3n) is 5.06. The van der Waals surface area contributed by atoms with E-state index in [1.165, 1.54) is 6.07 Å². The largest absolute Gasteiger partial charge is 0.466 e. The molecular weight excluding hydrogens is 486 g/mol. The highest BCUT2D eigenvalue weighted by Gasteiger charge is 2.43. The molecule has 0 saturated carbocycles. The van der Waals surface area contributed by atoms with E-state index in [9.17, 15) is 27.8 Å². The third kappa shape index (κ3) is 4.34. The van der Waals surface area contributed by atoms with E-state index in [4.69, 9.17) is 26.8 Å². The normalized spacial score (nSPS) is 16.2. The van der Waals surface area contributed by atoms with Crippen LogP contribution in [0, 0.1) is 11.3 Å². The molecule has 0 bridgehead atoms. The van der Waals surface area contributed by atoms with Crippen LogP contribution in [0.25, 0.3) is 0 Å². The van der Waals surface area contributed by atoms with Crippen molar-refractivity contribution in [3.8, 4) is 6.07 Å². The van der Waals surface area contributed by atoms with Gasteiger partial charge in [-0.2, -0.15) is 13.7 Å². The van der Waals surface area contributed by atoms with Gasteiger partial charge < -0.3 is 15.2 Å². The molecule has 12 heteroatoms. The Labute approximate surface area is 200 Å². The molecule has 2 aromatic carbocycles. The maximum absolute atomic E-state index is 13.0. The minimum Gasteiger partial charge on any atom is -0.466 e. The summed E-state index contributed by atoms with van der Waals surface area (Å²) in [6.07, 6.45) is 0. The topological polar surface area (TPSA) is 160 Å². The van der Waals surface area contributed by atoms with Crippen molar-refractivity contribution in [2.24, 2.45) is 5.73 Å². The monoisotopic (exact) mass is 503 g/mol. The first-order valence-electron chi connectivity index (χ1n) is 9.49. The number of carbonyl (C=O) groups excluding carboxylic acids is 2. The van der Waals surface area contributed by atoms with Gasteiger partial charge in [0.25, 0.3) is 10.1 Å². The van der Waals surface area contributed by atoms with Crippen molar-refractivity contribution >= 4 is 39.3 Å². The Morgan fingerprint density at radius 1 is 1.12 bits per heavy atom. The van der Waals surface area contributed by atoms with Crippen molar-refractivity contribution in [2.45, 2.75) is 10.8 Å². The van der Waals surface area contributed by atoms with Crippen LogP contribution in [0.1, 0.15) is 11.5 Å². The van der Waals surface area contributed by atoms with Crippen molar-refractivity contribution < 1.29 is 32.0 Å². The summed E-state index contributed by atoms with van der Waals surface area (Å²) in [4.78, 5) is 26.2. The number of nitriles is 1. The van der Waals surface area contributed by atoms with Gasteiger partial charge in [0, 0.05) is 5.69 Å². The maximum atomic E-state index is 13.0. The highest BCUT2D eigenvalue weighted by molar-refractivity contribution is 7.86. The molecule has 0 radical (unpaired) electrons. The number of esters is 2. The van der Waals surface area contributed by atoms with E-state index in [2.05, 4.69) is 0 Å². The van der Waals surface area contributed by atoms with Crippen molar-refractivity contribution in [2.75, 3.05) is 19.1 Å². The third-order valence-corrected chi connectivity index (χ3v) is 6.40. The van der Waals surface area contributed by atoms with E-state index in [1.807, 2.05) is 6.07 Å². The minimum atomic E-state index is -4.77. The minimum absolute atomic E-state index is 0.0874. The highest BCUT2D eigenvalue weighted by atomic mass is 35.5. The van der Waals surface area contributed by atoms with Gasteiger partial charge in [-0.3, -0.25) is 9.45 Å². The van der Waals surface area contributed by atoms with Crippen molar-refractivity contribution in [3.05, 3.63) is 81.8 Å². The molecule has 3 N–H and O–H groups in total. The Hall–Kier alpha value is -3.85. The fraction of sp³-hybridized carbons (Fsp3) is 0.136. The number of anilines is 1. The number of carbonyl (C=O) groups is 2. The summed E-state index contributed by atoms with van der Waals surface area (Å²) in [5.74, 6) is -3.31. The fourth-order valence-electron chi connectivity index (χ4n) is 3.61. The Bertz CT molecular complexity index is 1380. The first-order valence-corrected chi connectivity index (χ1v) is 11.3. The SMILES string of the molecule is COC(=O)C1=C(C(=O)OC)N(c2ccc(Cl)c(S(=O)(=O)O)c2)C(N)=C(C#N)C1c1ccccc1. The maximum Gasteiger partial charge on any atom is 0.355 e. The fourth-order valence-corrected chi connectivity index (χ4v) is 4.60. The molecule has 1 aliphatic heterocycles. The van der Waals surface area contributed by atoms with E-state index < -0.39 is 38.6 Å². The van der Waals surface area contributed by atoms with E-state index in [0.29, 0.717) is 5.56 Å². The van der Waals surface area contributed by atoms with Crippen LogP contribution in [0.4, 0.5) is 5.69 Å². The summed E-state index contributed by atoms with van der Waals surface area (Å²) in [7, 11) is -2.59. The Balaban J connectivity index is 2.45. The number of nitrogens with two attached hydrogens (primary N) is 1. The first-order chi connectivity index (χ1) is 16.1. The second-order valence-corrected chi connectivity index (χ2v) is 8.72. The van der Waals surface area contributed by atoms with Crippen molar-refractivity contribution in [1.29, 1.82) is 5.26 Å². The number of halogens is 1. The van der Waals surface area contributed by atoms with Crippen LogP contribution in [-0.2, 0) is 29.2 Å². The lowest BCUT2D eigenvalue weighted by Crippen LogP contribution is -2.40. The van der Waals surface area contributed by atoms with Gasteiger partial charge in [-0.25, -0.2) is 9.59 Å². The van der Waals surface area contributed by atoms with Gasteiger partial charge in [0.05, 0.1) is 42.4 Å². The number of hydrogen-bond donors (Lipinski definition) is 2. The Kier molecular flexibility index (Phi) is 6.97. The van der Waals surface area contributed by atoms with Gasteiger partial charge in [0.15, 0.2) is 0 Å². The van der Waals surface area contributed by atoms with Crippen molar-refractivity contribution in [1.82, 2.24) is 0 Å². The zero-order valence-corrected chi connectivity index (χ0v) is 19.4. The first kappa shape index (κ1) is 24.8. The molecule has 1 heterocycles. The van der Waals surface area contributed by atoms with E-state index >= 15 is 0 Å². The van der Waals surface area contributed by atoms with Crippen LogP contribution in [0.2, 0.25) is 5.02 Å². The van der Waals surface area contributed by atoms with Crippen LogP contribution in [0.3, 0.4) is 0 Å². The summed E-state index contributed by atoms with van der Waals surface area (Å²) in [5, 5.41) is 9.68. The zero-order chi connectivity index (χ0) is 25.2. The number of allylic oxidation sites excluding steroid dienone is 1. The molecule has 0 amide bonds. The predicted molar refractivity (Wildman–Crippen MR) is 121 cm³/mol. The van der Waals surface area contributed by atoms with Crippen LogP contribution in [0.5, 0.6) is 0 Å². The zero-order valence-electron chi connectivity index (χ0n) is 17.9. The molecule has 0 saturated heterocycles. The molecule has 1 atom stereocenters. The lowest BCUT2D eigenvalue weighted by Gasteiger charge is -2.36. The van der Waals surface area contributed by atoms with E-state index in [1.54, 1.807) is 30.3 Å². The molecule has 0 fully saturated rings. The predicted octanol–water partition coefficient (Wildman–Crippen LogP) is 2.48. The molecule has 10 nitrogen and oxygen atoms in total. The second-order valence-electron chi connectivity index (χ2n) is 6.93. The van der Waals surface area contributed by atoms with Crippen LogP contribution in [-0.4, -0.2) is 39.1 Å². The average Bonchev–Trinajstić information content (AvgIpc) is 2.82. The lowest BCUT2D eigenvalue weighted by atomic mass is 9.81. The molecule has 1 aliphatic rings. The number of nitrogens with zero attached hydrogens (tertiary/aromatic N) is 2. The van der Waals surface area contributed by atoms with Crippen LogP contribution < -0.4 is 10.6 Å². The van der Waals surface area contributed by atoms with Crippen LogP contribution >= 0.6 is 11.6 Å². The van der Waals surface area contributed by atoms with Gasteiger partial charge in [-0.05, 0) is 23.8 Å². The quantitative estimate of drug-likeness (QED) is 0.458. The van der Waals surface area contributed by atoms with Gasteiger partial charge in [-0.1, -0.05) is 41.9 Å². The number of benzene rings is 2. The summed E-state index contributed by atoms with van der Waals surface area (Å²) < 4.78 is 42.9. The summed E-state index contributed by atoms with van der Waals surface area (Å²) in [6, 6.07) is 13.7. The number of rotatable bonds is 5. The number of methoxy groups -OCH3 is 2. The van der Waals surface area contributed by atoms with E-state index in [0.717, 1.165) is 31.3 Å². The molecule has 3 rings (SSSR count). The highest BCUT2D eigenvalue weighted by Crippen LogP contribution is 2.43. The molecule has 1 unspecified atom stereocenters. The molecule has 0 aromatic heterocycles. The molecule has 2 aromatic rings. The smallest absolute Gasteiger partial charge is 0.355 e. The Morgan fingerprint density at radius 3 is 2.26 bits per heavy atom. The summed E-state index contributed by atoms with van der Waals surface area (Å²) in [6.45, 7) is 0. The summed E-state index contributed by atoms with van der Waals surface area (Å²) in [5.41, 5.74) is 5.94. The number of hydrogen-bond acceptors (Lipinski definition) is 9. The van der Waals surface area contributed by atoms with Gasteiger partial charge in [-0.15, -0.1) is 0 Å². The molecule has 176 valence electrons. The Morgan fingerprint density at radius 2 is 1.74 bits per heavy atom. The van der Waals surface area contributed by atoms with E-state index in [-0.39, 0.29) is 27.7 Å².